The zero-order valence-corrected chi connectivity index (χ0v) is 19.3. The van der Waals surface area contributed by atoms with Crippen LogP contribution in [0.4, 0.5) is 11.4 Å². The van der Waals surface area contributed by atoms with Crippen LogP contribution in [-0.4, -0.2) is 47.3 Å². The molecule has 4 aromatic rings. The number of anilines is 2. The fourth-order valence-electron chi connectivity index (χ4n) is 3.36. The number of hydrogen-bond donors (Lipinski definition) is 2. The fourth-order valence-corrected chi connectivity index (χ4v) is 3.36. The van der Waals surface area contributed by atoms with Crippen LogP contribution in [0.5, 0.6) is 17.2 Å². The number of pyridine rings is 1. The number of aromatic nitrogens is 3. The minimum absolute atomic E-state index is 0.252. The second-order valence-corrected chi connectivity index (χ2v) is 7.38. The van der Waals surface area contributed by atoms with Gasteiger partial charge in [-0.2, -0.15) is 0 Å². The standard InChI is InChI=1S/C24H23N5O6/c1-33-17-7-5-16(6-8-17)25-23(31)15-4-11-21-27-29(24(32)28(21)13-15)14-22(30)26-19-10-9-18(34-2)12-20(19)35-3/h4-13H,14H2,1-3H3,(H,25,31)(H,26,30). The Hall–Kier alpha value is -4.80. The first-order valence-corrected chi connectivity index (χ1v) is 10.5. The zero-order chi connectivity index (χ0) is 24.9. The van der Waals surface area contributed by atoms with Crippen molar-refractivity contribution in [3.63, 3.8) is 0 Å². The molecule has 0 aliphatic heterocycles. The van der Waals surface area contributed by atoms with Crippen molar-refractivity contribution in [1.82, 2.24) is 14.2 Å². The van der Waals surface area contributed by atoms with E-state index < -0.39 is 17.5 Å². The van der Waals surface area contributed by atoms with E-state index in [0.29, 0.717) is 34.3 Å². The number of nitrogens with zero attached hydrogens (tertiary/aromatic N) is 3. The Morgan fingerprint density at radius 1 is 0.886 bits per heavy atom. The van der Waals surface area contributed by atoms with E-state index in [0.717, 1.165) is 4.68 Å². The highest BCUT2D eigenvalue weighted by Crippen LogP contribution is 2.29. The number of ether oxygens (including phenoxy) is 3. The zero-order valence-electron chi connectivity index (χ0n) is 19.3. The minimum atomic E-state index is -0.559. The molecule has 0 bridgehead atoms. The van der Waals surface area contributed by atoms with Gasteiger partial charge in [0.2, 0.25) is 5.91 Å². The van der Waals surface area contributed by atoms with Gasteiger partial charge in [0.25, 0.3) is 5.91 Å². The Kier molecular flexibility index (Phi) is 6.67. The number of amides is 2. The van der Waals surface area contributed by atoms with E-state index in [1.165, 1.54) is 30.9 Å². The number of benzene rings is 2. The van der Waals surface area contributed by atoms with Crippen LogP contribution in [0.3, 0.4) is 0 Å². The predicted octanol–water partition coefficient (Wildman–Crippen LogP) is 2.41. The summed E-state index contributed by atoms with van der Waals surface area (Å²) in [4.78, 5) is 38.0. The van der Waals surface area contributed by atoms with Gasteiger partial charge >= 0.3 is 5.69 Å². The molecule has 180 valence electrons. The van der Waals surface area contributed by atoms with Crippen LogP contribution in [0, 0.1) is 0 Å². The summed E-state index contributed by atoms with van der Waals surface area (Å²) in [7, 11) is 4.55. The molecular weight excluding hydrogens is 454 g/mol. The van der Waals surface area contributed by atoms with E-state index in [9.17, 15) is 14.4 Å². The van der Waals surface area contributed by atoms with E-state index >= 15 is 0 Å². The number of nitrogens with one attached hydrogen (secondary N) is 2. The maximum atomic E-state index is 12.8. The number of fused-ring (bicyclic) bond motifs is 1. The first-order chi connectivity index (χ1) is 16.9. The molecule has 0 spiro atoms. The lowest BCUT2D eigenvalue weighted by Gasteiger charge is -2.11. The number of methoxy groups -OCH3 is 3. The molecule has 2 aromatic heterocycles. The molecule has 35 heavy (non-hydrogen) atoms. The Morgan fingerprint density at radius 2 is 1.60 bits per heavy atom. The summed E-state index contributed by atoms with van der Waals surface area (Å²) in [5, 5.41) is 9.63. The third kappa shape index (κ3) is 5.08. The van der Waals surface area contributed by atoms with Gasteiger partial charge in [-0.15, -0.1) is 5.10 Å². The maximum Gasteiger partial charge on any atom is 0.350 e. The molecule has 11 nitrogen and oxygen atoms in total. The highest BCUT2D eigenvalue weighted by atomic mass is 16.5. The lowest BCUT2D eigenvalue weighted by Crippen LogP contribution is -2.28. The van der Waals surface area contributed by atoms with Gasteiger partial charge in [-0.05, 0) is 48.5 Å². The highest BCUT2D eigenvalue weighted by molar-refractivity contribution is 6.04. The van der Waals surface area contributed by atoms with Crippen molar-refractivity contribution >= 4 is 28.8 Å². The molecule has 0 fully saturated rings. The first kappa shape index (κ1) is 23.4. The van der Waals surface area contributed by atoms with Crippen molar-refractivity contribution in [2.75, 3.05) is 32.0 Å². The molecular formula is C24H23N5O6. The molecule has 0 aliphatic rings. The lowest BCUT2D eigenvalue weighted by molar-refractivity contribution is -0.117. The van der Waals surface area contributed by atoms with Crippen LogP contribution in [0.1, 0.15) is 10.4 Å². The van der Waals surface area contributed by atoms with Gasteiger partial charge in [0.05, 0.1) is 32.6 Å². The molecule has 2 aromatic carbocycles. The summed E-state index contributed by atoms with van der Waals surface area (Å²) < 4.78 is 17.8. The van der Waals surface area contributed by atoms with E-state index in [-0.39, 0.29) is 12.1 Å². The second-order valence-electron chi connectivity index (χ2n) is 7.38. The second kappa shape index (κ2) is 10.00. The van der Waals surface area contributed by atoms with Gasteiger partial charge in [0.1, 0.15) is 23.8 Å². The van der Waals surface area contributed by atoms with Gasteiger partial charge < -0.3 is 24.8 Å². The Labute approximate surface area is 199 Å². The predicted molar refractivity (Wildman–Crippen MR) is 129 cm³/mol. The molecule has 2 heterocycles. The van der Waals surface area contributed by atoms with Crippen LogP contribution >= 0.6 is 0 Å². The first-order valence-electron chi connectivity index (χ1n) is 10.5. The largest absolute Gasteiger partial charge is 0.497 e. The van der Waals surface area contributed by atoms with E-state index in [1.807, 2.05) is 0 Å². The summed E-state index contributed by atoms with van der Waals surface area (Å²) in [6.45, 7) is -0.330. The van der Waals surface area contributed by atoms with Crippen LogP contribution in [-0.2, 0) is 11.3 Å². The van der Waals surface area contributed by atoms with Crippen molar-refractivity contribution in [3.05, 3.63) is 76.8 Å². The summed E-state index contributed by atoms with van der Waals surface area (Å²) in [6.07, 6.45) is 1.38. The summed E-state index contributed by atoms with van der Waals surface area (Å²) in [6, 6.07) is 14.9. The van der Waals surface area contributed by atoms with Crippen LogP contribution in [0.25, 0.3) is 5.65 Å². The maximum absolute atomic E-state index is 12.8. The molecule has 2 amide bonds. The normalized spacial score (nSPS) is 10.6. The average molecular weight is 477 g/mol. The van der Waals surface area contributed by atoms with Gasteiger partial charge in [-0.1, -0.05) is 0 Å². The molecule has 0 unspecified atom stereocenters. The smallest absolute Gasteiger partial charge is 0.350 e. The third-order valence-electron chi connectivity index (χ3n) is 5.16. The SMILES string of the molecule is COc1ccc(NC(=O)c2ccc3nn(CC(=O)Nc4ccc(OC)cc4OC)c(=O)n3c2)cc1. The lowest BCUT2D eigenvalue weighted by atomic mass is 10.2. The summed E-state index contributed by atoms with van der Waals surface area (Å²) >= 11 is 0. The monoisotopic (exact) mass is 477 g/mol. The quantitative estimate of drug-likeness (QED) is 0.399. The van der Waals surface area contributed by atoms with Gasteiger partial charge in [-0.25, -0.2) is 13.9 Å². The van der Waals surface area contributed by atoms with Crippen molar-refractivity contribution in [3.8, 4) is 17.2 Å². The van der Waals surface area contributed by atoms with Crippen LogP contribution < -0.4 is 30.5 Å². The highest BCUT2D eigenvalue weighted by Gasteiger charge is 2.15. The minimum Gasteiger partial charge on any atom is -0.497 e. The van der Waals surface area contributed by atoms with Crippen LogP contribution in [0.15, 0.2) is 65.6 Å². The fraction of sp³-hybridized carbons (Fsp3) is 0.167. The Morgan fingerprint density at radius 3 is 2.29 bits per heavy atom. The van der Waals surface area contributed by atoms with Crippen molar-refractivity contribution in [2.45, 2.75) is 6.54 Å². The Bertz CT molecular complexity index is 1440. The van der Waals surface area contributed by atoms with Gasteiger partial charge in [-0.3, -0.25) is 9.59 Å². The van der Waals surface area contributed by atoms with Crippen molar-refractivity contribution in [2.24, 2.45) is 0 Å². The molecule has 0 aliphatic carbocycles. The van der Waals surface area contributed by atoms with Gasteiger partial charge in [0.15, 0.2) is 5.65 Å². The number of carbonyl (C=O) groups excluding carboxylic acids is 2. The molecule has 2 N–H and O–H groups in total. The van der Waals surface area contributed by atoms with Crippen molar-refractivity contribution in [1.29, 1.82) is 0 Å². The van der Waals surface area contributed by atoms with E-state index in [1.54, 1.807) is 55.6 Å². The average Bonchev–Trinajstić information content (AvgIpc) is 3.18. The third-order valence-corrected chi connectivity index (χ3v) is 5.16. The number of carbonyl (C=O) groups is 2. The molecule has 0 saturated heterocycles. The Balaban J connectivity index is 1.50. The van der Waals surface area contributed by atoms with Crippen molar-refractivity contribution < 1.29 is 23.8 Å². The molecule has 0 atom stereocenters. The molecule has 4 rings (SSSR count). The topological polar surface area (TPSA) is 125 Å². The molecule has 11 heteroatoms. The van der Waals surface area contributed by atoms with E-state index in [2.05, 4.69) is 15.7 Å². The number of rotatable bonds is 8. The van der Waals surface area contributed by atoms with Crippen LogP contribution in [0.2, 0.25) is 0 Å². The number of hydrogen-bond acceptors (Lipinski definition) is 7. The summed E-state index contributed by atoms with van der Waals surface area (Å²) in [5.41, 5.74) is 0.987. The van der Waals surface area contributed by atoms with E-state index in [4.69, 9.17) is 14.2 Å². The van der Waals surface area contributed by atoms with Gasteiger partial charge in [0, 0.05) is 18.0 Å². The summed E-state index contributed by atoms with van der Waals surface area (Å²) in [5.74, 6) is 0.770. The molecule has 0 saturated carbocycles. The molecule has 0 radical (unpaired) electrons.